The van der Waals surface area contributed by atoms with Gasteiger partial charge < -0.3 is 18.9 Å². The van der Waals surface area contributed by atoms with Crippen molar-refractivity contribution < 1.29 is 36.4 Å². The van der Waals surface area contributed by atoms with Crippen molar-refractivity contribution in [1.29, 1.82) is 0 Å². The second kappa shape index (κ2) is 9.23. The highest BCUT2D eigenvalue weighted by Gasteiger charge is 2.21. The van der Waals surface area contributed by atoms with E-state index in [4.69, 9.17) is 18.9 Å². The fraction of sp³-hybridized carbons (Fsp3) is 0.467. The van der Waals surface area contributed by atoms with Crippen molar-refractivity contribution in [2.24, 2.45) is 5.16 Å². The van der Waals surface area contributed by atoms with Gasteiger partial charge in [-0.25, -0.2) is 4.79 Å². The minimum absolute atomic E-state index is 0.0412. The third kappa shape index (κ3) is 6.59. The highest BCUT2D eigenvalue weighted by atomic mass is 32.2. The van der Waals surface area contributed by atoms with Crippen LogP contribution in [0.25, 0.3) is 0 Å². The second-order valence-electron chi connectivity index (χ2n) is 4.93. The van der Waals surface area contributed by atoms with Crippen molar-refractivity contribution in [3.63, 3.8) is 0 Å². The van der Waals surface area contributed by atoms with Gasteiger partial charge in [0.05, 0.1) is 26.6 Å². The van der Waals surface area contributed by atoms with E-state index < -0.39 is 16.1 Å². The van der Waals surface area contributed by atoms with Crippen molar-refractivity contribution in [2.75, 3.05) is 34.2 Å². The Balaban J connectivity index is 3.20. The van der Waals surface area contributed by atoms with Gasteiger partial charge in [-0.2, -0.15) is 8.42 Å². The van der Waals surface area contributed by atoms with Crippen LogP contribution in [0.4, 0.5) is 0 Å². The Labute approximate surface area is 146 Å². The van der Waals surface area contributed by atoms with Crippen LogP contribution in [0.3, 0.4) is 0 Å². The third-order valence-electron chi connectivity index (χ3n) is 2.97. The largest absolute Gasteiger partial charge is 0.493 e. The molecule has 0 amide bonds. The number of ether oxygens (including phenoxy) is 4. The van der Waals surface area contributed by atoms with E-state index in [1.807, 2.05) is 0 Å². The maximum absolute atomic E-state index is 12.3. The van der Waals surface area contributed by atoms with Gasteiger partial charge in [-0.15, -0.1) is 0 Å². The summed E-state index contributed by atoms with van der Waals surface area (Å²) in [4.78, 5) is 12.3. The summed E-state index contributed by atoms with van der Waals surface area (Å²) in [5.74, 6) is -0.124. The fourth-order valence-corrected chi connectivity index (χ4v) is 1.84. The molecule has 0 aliphatic carbocycles. The molecule has 1 rings (SSSR count). The van der Waals surface area contributed by atoms with Gasteiger partial charge in [0.1, 0.15) is 6.61 Å². The van der Waals surface area contributed by atoms with Crippen LogP contribution in [0.1, 0.15) is 12.5 Å². The van der Waals surface area contributed by atoms with Gasteiger partial charge in [0.25, 0.3) is 0 Å². The molecule has 0 radical (unpaired) electrons. The first-order valence-corrected chi connectivity index (χ1v) is 8.92. The zero-order chi connectivity index (χ0) is 19.0. The Morgan fingerprint density at radius 1 is 1.16 bits per heavy atom. The molecular weight excluding hydrogens is 354 g/mol. The Kier molecular flexibility index (Phi) is 7.65. The number of hydrogen-bond acceptors (Lipinski definition) is 9. The lowest BCUT2D eigenvalue weighted by Gasteiger charge is -2.13. The minimum atomic E-state index is -3.90. The van der Waals surface area contributed by atoms with Crippen LogP contribution in [0.2, 0.25) is 0 Å². The Hall–Kier alpha value is -2.33. The zero-order valence-electron chi connectivity index (χ0n) is 14.6. The van der Waals surface area contributed by atoms with Crippen LogP contribution in [-0.2, 0) is 28.7 Å². The van der Waals surface area contributed by atoms with Crippen molar-refractivity contribution in [2.45, 2.75) is 13.0 Å². The standard InChI is InChI=1S/C15H21NO8S/c1-10(20-2)9-23-15(17)14(16-24-25(5,18)19)11-6-7-12(21-3)13(8-11)22-4/h6-8,10H,9H2,1-5H3. The molecule has 9 nitrogen and oxygen atoms in total. The molecule has 0 saturated carbocycles. The lowest BCUT2D eigenvalue weighted by Crippen LogP contribution is -2.24. The first kappa shape index (κ1) is 20.7. The van der Waals surface area contributed by atoms with E-state index in [9.17, 15) is 13.2 Å². The summed E-state index contributed by atoms with van der Waals surface area (Å²) < 4.78 is 47.1. The van der Waals surface area contributed by atoms with Gasteiger partial charge in [0.15, 0.2) is 17.2 Å². The first-order chi connectivity index (χ1) is 11.7. The number of oxime groups is 1. The summed E-state index contributed by atoms with van der Waals surface area (Å²) in [6.07, 6.45) is 0.465. The quantitative estimate of drug-likeness (QED) is 0.357. The highest BCUT2D eigenvalue weighted by Crippen LogP contribution is 2.28. The topological polar surface area (TPSA) is 110 Å². The van der Waals surface area contributed by atoms with E-state index >= 15 is 0 Å². The number of benzene rings is 1. The van der Waals surface area contributed by atoms with Crippen LogP contribution in [0.15, 0.2) is 23.4 Å². The predicted molar refractivity (Wildman–Crippen MR) is 89.4 cm³/mol. The molecule has 10 heteroatoms. The molecule has 0 aliphatic rings. The lowest BCUT2D eigenvalue weighted by atomic mass is 10.1. The number of hydrogen-bond donors (Lipinski definition) is 0. The van der Waals surface area contributed by atoms with E-state index in [0.29, 0.717) is 11.5 Å². The van der Waals surface area contributed by atoms with Gasteiger partial charge in [-0.3, -0.25) is 4.28 Å². The smallest absolute Gasteiger partial charge is 0.361 e. The van der Waals surface area contributed by atoms with Crippen molar-refractivity contribution in [3.05, 3.63) is 23.8 Å². The molecule has 0 N–H and O–H groups in total. The molecule has 1 aromatic carbocycles. The molecule has 25 heavy (non-hydrogen) atoms. The Morgan fingerprint density at radius 3 is 2.32 bits per heavy atom. The molecule has 0 aliphatic heterocycles. The molecule has 0 fully saturated rings. The van der Waals surface area contributed by atoms with Gasteiger partial charge in [-0.05, 0) is 25.1 Å². The third-order valence-corrected chi connectivity index (χ3v) is 3.31. The summed E-state index contributed by atoms with van der Waals surface area (Å²) >= 11 is 0. The second-order valence-corrected chi connectivity index (χ2v) is 6.49. The highest BCUT2D eigenvalue weighted by molar-refractivity contribution is 7.85. The van der Waals surface area contributed by atoms with E-state index in [1.165, 1.54) is 39.5 Å². The molecule has 0 saturated heterocycles. The predicted octanol–water partition coefficient (Wildman–Crippen LogP) is 0.962. The normalized spacial score (nSPS) is 13.1. The van der Waals surface area contributed by atoms with Crippen molar-refractivity contribution in [1.82, 2.24) is 0 Å². The van der Waals surface area contributed by atoms with E-state index in [-0.39, 0.29) is 24.0 Å². The van der Waals surface area contributed by atoms with Crippen molar-refractivity contribution >= 4 is 21.8 Å². The van der Waals surface area contributed by atoms with Gasteiger partial charge in [0.2, 0.25) is 0 Å². The summed E-state index contributed by atoms with van der Waals surface area (Å²) in [6, 6.07) is 4.48. The van der Waals surface area contributed by atoms with Crippen LogP contribution in [-0.4, -0.2) is 60.4 Å². The van der Waals surface area contributed by atoms with Gasteiger partial charge >= 0.3 is 16.1 Å². The molecule has 1 aromatic rings. The first-order valence-electron chi connectivity index (χ1n) is 7.10. The number of esters is 1. The lowest BCUT2D eigenvalue weighted by molar-refractivity contribution is -0.138. The average molecular weight is 375 g/mol. The van der Waals surface area contributed by atoms with Crippen LogP contribution in [0, 0.1) is 0 Å². The number of carbonyl (C=O) groups is 1. The molecule has 0 aromatic heterocycles. The van der Waals surface area contributed by atoms with Gasteiger partial charge in [0, 0.05) is 12.7 Å². The average Bonchev–Trinajstić information content (AvgIpc) is 2.58. The molecule has 1 unspecified atom stereocenters. The van der Waals surface area contributed by atoms with Crippen LogP contribution >= 0.6 is 0 Å². The monoisotopic (exact) mass is 375 g/mol. The maximum Gasteiger partial charge on any atom is 0.361 e. The summed E-state index contributed by atoms with van der Waals surface area (Å²) in [5.41, 5.74) is -0.106. The number of methoxy groups -OCH3 is 3. The summed E-state index contributed by atoms with van der Waals surface area (Å²) in [5, 5.41) is 3.42. The van der Waals surface area contributed by atoms with E-state index in [1.54, 1.807) is 6.92 Å². The molecule has 1 atom stereocenters. The number of carbonyl (C=O) groups excluding carboxylic acids is 1. The molecule has 140 valence electrons. The maximum atomic E-state index is 12.3. The molecular formula is C15H21NO8S. The minimum Gasteiger partial charge on any atom is -0.493 e. The summed E-state index contributed by atoms with van der Waals surface area (Å²) in [7, 11) is 0.445. The SMILES string of the molecule is COc1ccc(C(=NOS(C)(=O)=O)C(=O)OCC(C)OC)cc1OC. The van der Waals surface area contributed by atoms with Crippen LogP contribution in [0.5, 0.6) is 11.5 Å². The van der Waals surface area contributed by atoms with E-state index in [0.717, 1.165) is 6.26 Å². The van der Waals surface area contributed by atoms with Gasteiger partial charge in [-0.1, -0.05) is 5.16 Å². The Bertz CT molecular complexity index is 729. The summed E-state index contributed by atoms with van der Waals surface area (Å²) in [6.45, 7) is 1.66. The number of nitrogens with zero attached hydrogens (tertiary/aromatic N) is 1. The zero-order valence-corrected chi connectivity index (χ0v) is 15.5. The molecule has 0 bridgehead atoms. The Morgan fingerprint density at radius 2 is 1.80 bits per heavy atom. The van der Waals surface area contributed by atoms with Crippen LogP contribution < -0.4 is 9.47 Å². The molecule has 0 heterocycles. The molecule has 0 spiro atoms. The number of rotatable bonds is 9. The van der Waals surface area contributed by atoms with E-state index in [2.05, 4.69) is 9.44 Å². The fourth-order valence-electron chi connectivity index (χ4n) is 1.63. The van der Waals surface area contributed by atoms with Crippen molar-refractivity contribution in [3.8, 4) is 11.5 Å².